The van der Waals surface area contributed by atoms with Gasteiger partial charge in [0.1, 0.15) is 6.04 Å². The molecule has 3 rings (SSSR count). The van der Waals surface area contributed by atoms with E-state index < -0.39 is 6.04 Å². The fourth-order valence-corrected chi connectivity index (χ4v) is 3.31. The van der Waals surface area contributed by atoms with Crippen molar-refractivity contribution in [1.29, 1.82) is 0 Å². The molecule has 2 aromatic rings. The van der Waals surface area contributed by atoms with E-state index in [1.54, 1.807) is 9.80 Å². The van der Waals surface area contributed by atoms with E-state index in [1.807, 2.05) is 50.2 Å². The summed E-state index contributed by atoms with van der Waals surface area (Å²) in [4.78, 5) is 29.1. The van der Waals surface area contributed by atoms with E-state index in [0.717, 1.165) is 11.3 Å². The summed E-state index contributed by atoms with van der Waals surface area (Å²) in [7, 11) is 0. The molecular weight excluding hydrogens is 324 g/mol. The average Bonchev–Trinajstić information content (AvgIpc) is 2.64. The van der Waals surface area contributed by atoms with Gasteiger partial charge in [-0.15, -0.1) is 0 Å². The molecule has 4 nitrogen and oxygen atoms in total. The molecule has 0 aliphatic carbocycles. The lowest BCUT2D eigenvalue weighted by Crippen LogP contribution is -2.57. The molecule has 2 aromatic carbocycles. The van der Waals surface area contributed by atoms with Crippen molar-refractivity contribution in [2.75, 3.05) is 18.0 Å². The maximum absolute atomic E-state index is 12.9. The number of carbonyl (C=O) groups excluding carboxylic acids is 2. The topological polar surface area (TPSA) is 40.6 Å². The second kappa shape index (κ2) is 7.32. The van der Waals surface area contributed by atoms with Crippen LogP contribution in [0.1, 0.15) is 48.2 Å². The van der Waals surface area contributed by atoms with Crippen molar-refractivity contribution in [3.8, 4) is 0 Å². The number of hydrogen-bond donors (Lipinski definition) is 0. The number of anilines is 1. The van der Waals surface area contributed by atoms with Gasteiger partial charge < -0.3 is 9.80 Å². The molecule has 26 heavy (non-hydrogen) atoms. The van der Waals surface area contributed by atoms with E-state index in [4.69, 9.17) is 0 Å². The van der Waals surface area contributed by atoms with Crippen molar-refractivity contribution in [3.05, 3.63) is 65.2 Å². The van der Waals surface area contributed by atoms with Gasteiger partial charge in [-0.05, 0) is 49.6 Å². The van der Waals surface area contributed by atoms with Crippen LogP contribution in [0.25, 0.3) is 0 Å². The third-order valence-electron chi connectivity index (χ3n) is 5.09. The predicted octanol–water partition coefficient (Wildman–Crippen LogP) is 4.00. The Morgan fingerprint density at radius 1 is 1.00 bits per heavy atom. The van der Waals surface area contributed by atoms with Crippen LogP contribution in [-0.2, 0) is 4.79 Å². The predicted molar refractivity (Wildman–Crippen MR) is 105 cm³/mol. The molecule has 136 valence electrons. The Hall–Kier alpha value is -2.62. The third-order valence-corrected chi connectivity index (χ3v) is 5.09. The largest absolute Gasteiger partial charge is 0.325 e. The Labute approximate surface area is 155 Å². The van der Waals surface area contributed by atoms with Crippen molar-refractivity contribution in [2.45, 2.75) is 39.7 Å². The second-order valence-corrected chi connectivity index (χ2v) is 7.28. The minimum Gasteiger partial charge on any atom is -0.325 e. The van der Waals surface area contributed by atoms with Gasteiger partial charge in [-0.1, -0.05) is 43.7 Å². The zero-order valence-corrected chi connectivity index (χ0v) is 15.9. The van der Waals surface area contributed by atoms with Crippen LogP contribution in [0.2, 0.25) is 0 Å². The maximum atomic E-state index is 12.9. The first-order chi connectivity index (χ1) is 12.4. The number of carbonyl (C=O) groups is 2. The Kier molecular flexibility index (Phi) is 5.12. The molecule has 0 saturated carbocycles. The molecule has 1 aliphatic heterocycles. The van der Waals surface area contributed by atoms with Gasteiger partial charge in [0.25, 0.3) is 5.91 Å². The minimum atomic E-state index is -0.470. The molecule has 1 heterocycles. The van der Waals surface area contributed by atoms with Crippen molar-refractivity contribution >= 4 is 17.5 Å². The van der Waals surface area contributed by atoms with Gasteiger partial charge in [0.05, 0.1) is 0 Å². The smallest absolute Gasteiger partial charge is 0.254 e. The van der Waals surface area contributed by atoms with E-state index in [9.17, 15) is 9.59 Å². The molecule has 0 unspecified atom stereocenters. The highest BCUT2D eigenvalue weighted by molar-refractivity contribution is 6.03. The summed E-state index contributed by atoms with van der Waals surface area (Å²) in [5, 5.41) is 0. The second-order valence-electron chi connectivity index (χ2n) is 7.28. The van der Waals surface area contributed by atoms with Crippen molar-refractivity contribution < 1.29 is 9.59 Å². The Bertz CT molecular complexity index is 794. The van der Waals surface area contributed by atoms with Crippen molar-refractivity contribution in [3.63, 3.8) is 0 Å². The van der Waals surface area contributed by atoms with Gasteiger partial charge in [-0.25, -0.2) is 0 Å². The minimum absolute atomic E-state index is 0.0333. The highest BCUT2D eigenvalue weighted by atomic mass is 16.2. The lowest BCUT2D eigenvalue weighted by molar-refractivity contribution is -0.124. The fourth-order valence-electron chi connectivity index (χ4n) is 3.31. The van der Waals surface area contributed by atoms with Crippen LogP contribution in [0, 0.1) is 6.92 Å². The fraction of sp³-hybridized carbons (Fsp3) is 0.364. The summed E-state index contributed by atoms with van der Waals surface area (Å²) >= 11 is 0. The Morgan fingerprint density at radius 3 is 2.19 bits per heavy atom. The molecular formula is C22H26N2O2. The maximum Gasteiger partial charge on any atom is 0.254 e. The number of nitrogens with zero attached hydrogens (tertiary/aromatic N) is 2. The van der Waals surface area contributed by atoms with Gasteiger partial charge in [0, 0.05) is 24.3 Å². The Morgan fingerprint density at radius 2 is 1.62 bits per heavy atom. The van der Waals surface area contributed by atoms with Crippen LogP contribution in [0.4, 0.5) is 5.69 Å². The zero-order valence-electron chi connectivity index (χ0n) is 15.9. The Balaban J connectivity index is 1.76. The molecule has 1 fully saturated rings. The van der Waals surface area contributed by atoms with Crippen LogP contribution in [0.3, 0.4) is 0 Å². The highest BCUT2D eigenvalue weighted by Gasteiger charge is 2.35. The number of amides is 2. The first-order valence-electron chi connectivity index (χ1n) is 9.17. The third kappa shape index (κ3) is 3.50. The van der Waals surface area contributed by atoms with Crippen LogP contribution in [-0.4, -0.2) is 35.8 Å². The highest BCUT2D eigenvalue weighted by Crippen LogP contribution is 2.24. The van der Waals surface area contributed by atoms with Gasteiger partial charge in [0.15, 0.2) is 0 Å². The van der Waals surface area contributed by atoms with Gasteiger partial charge in [-0.2, -0.15) is 0 Å². The summed E-state index contributed by atoms with van der Waals surface area (Å²) < 4.78 is 0. The summed E-state index contributed by atoms with van der Waals surface area (Å²) in [6, 6.07) is 15.2. The molecule has 0 aromatic heterocycles. The molecule has 1 aliphatic rings. The zero-order chi connectivity index (χ0) is 18.8. The summed E-state index contributed by atoms with van der Waals surface area (Å²) in [6.45, 7) is 9.15. The number of piperazine rings is 1. The molecule has 1 saturated heterocycles. The van der Waals surface area contributed by atoms with E-state index in [0.29, 0.717) is 24.6 Å². The summed E-state index contributed by atoms with van der Waals surface area (Å²) in [5.74, 6) is 0.345. The SMILES string of the molecule is Cc1ccc(C(=O)N2CCN(c3ccc(C(C)C)cc3)C(=O)[C@H]2C)cc1. The molecule has 4 heteroatoms. The monoisotopic (exact) mass is 350 g/mol. The van der Waals surface area contributed by atoms with Gasteiger partial charge in [0.2, 0.25) is 5.91 Å². The first kappa shape index (κ1) is 18.2. The average molecular weight is 350 g/mol. The standard InChI is InChI=1S/C22H26N2O2/c1-15(2)18-9-11-20(12-10-18)24-14-13-23(17(4)21(24)25)22(26)19-7-5-16(3)6-8-19/h5-12,15,17H,13-14H2,1-4H3/t17-/m1/s1. The van der Waals surface area contributed by atoms with Crippen LogP contribution >= 0.6 is 0 Å². The van der Waals surface area contributed by atoms with Crippen LogP contribution in [0.5, 0.6) is 0 Å². The quantitative estimate of drug-likeness (QED) is 0.840. The summed E-state index contributed by atoms with van der Waals surface area (Å²) in [6.07, 6.45) is 0. The number of benzene rings is 2. The van der Waals surface area contributed by atoms with E-state index in [1.165, 1.54) is 5.56 Å². The van der Waals surface area contributed by atoms with Crippen molar-refractivity contribution in [2.24, 2.45) is 0 Å². The van der Waals surface area contributed by atoms with Crippen molar-refractivity contribution in [1.82, 2.24) is 4.90 Å². The number of aryl methyl sites for hydroxylation is 1. The molecule has 0 spiro atoms. The summed E-state index contributed by atoms with van der Waals surface area (Å²) in [5.41, 5.74) is 3.89. The van der Waals surface area contributed by atoms with Crippen LogP contribution in [0.15, 0.2) is 48.5 Å². The van der Waals surface area contributed by atoms with Gasteiger partial charge >= 0.3 is 0 Å². The van der Waals surface area contributed by atoms with Crippen LogP contribution < -0.4 is 4.90 Å². The normalized spacial score (nSPS) is 17.7. The molecule has 1 atom stereocenters. The molecule has 0 N–H and O–H groups in total. The number of rotatable bonds is 3. The number of hydrogen-bond acceptors (Lipinski definition) is 2. The van der Waals surface area contributed by atoms with E-state index in [-0.39, 0.29) is 11.8 Å². The van der Waals surface area contributed by atoms with Gasteiger partial charge in [-0.3, -0.25) is 9.59 Å². The lowest BCUT2D eigenvalue weighted by Gasteiger charge is -2.39. The van der Waals surface area contributed by atoms with E-state index >= 15 is 0 Å². The lowest BCUT2D eigenvalue weighted by atomic mass is 10.0. The van der Waals surface area contributed by atoms with E-state index in [2.05, 4.69) is 26.0 Å². The molecule has 0 radical (unpaired) electrons. The molecule has 2 amide bonds. The molecule has 0 bridgehead atoms. The first-order valence-corrected chi connectivity index (χ1v) is 9.17.